The topological polar surface area (TPSA) is 29.1 Å². The zero-order valence-corrected chi connectivity index (χ0v) is 12.5. The van der Waals surface area contributed by atoms with Crippen molar-refractivity contribution in [3.63, 3.8) is 0 Å². The fraction of sp³-hybridized carbons (Fsp3) is 0.188. The summed E-state index contributed by atoms with van der Waals surface area (Å²) in [6, 6.07) is 10.4. The van der Waals surface area contributed by atoms with Gasteiger partial charge in [0.25, 0.3) is 5.91 Å². The monoisotopic (exact) mass is 307 g/mol. The number of carbonyl (C=O) groups excluding carboxylic acids is 1. The second kappa shape index (κ2) is 6.72. The quantitative estimate of drug-likeness (QED) is 0.859. The number of amides is 1. The smallest absolute Gasteiger partial charge is 0.254 e. The highest BCUT2D eigenvalue weighted by atomic mass is 32.2. The largest absolute Gasteiger partial charge is 0.345 e. The molecule has 1 atom stereocenters. The summed E-state index contributed by atoms with van der Waals surface area (Å²) in [4.78, 5) is 13.1. The number of rotatable bonds is 4. The van der Waals surface area contributed by atoms with Crippen molar-refractivity contribution >= 4 is 17.7 Å². The predicted octanol–water partition coefficient (Wildman–Crippen LogP) is 4.18. The van der Waals surface area contributed by atoms with Crippen LogP contribution in [-0.4, -0.2) is 12.2 Å². The minimum Gasteiger partial charge on any atom is -0.345 e. The molecule has 2 rings (SSSR count). The van der Waals surface area contributed by atoms with Crippen molar-refractivity contribution < 1.29 is 13.6 Å². The third-order valence-corrected chi connectivity index (χ3v) is 3.88. The van der Waals surface area contributed by atoms with Crippen LogP contribution in [0.3, 0.4) is 0 Å². The third kappa shape index (κ3) is 3.82. The van der Waals surface area contributed by atoms with Gasteiger partial charge in [-0.15, -0.1) is 11.8 Å². The van der Waals surface area contributed by atoms with Crippen LogP contribution in [-0.2, 0) is 0 Å². The molecule has 0 spiro atoms. The minimum absolute atomic E-state index is 0.163. The molecule has 110 valence electrons. The van der Waals surface area contributed by atoms with Gasteiger partial charge in [0, 0.05) is 11.0 Å². The number of halogens is 2. The summed E-state index contributed by atoms with van der Waals surface area (Å²) in [5.74, 6) is -2.13. The summed E-state index contributed by atoms with van der Waals surface area (Å²) >= 11 is 1.63. The minimum atomic E-state index is -0.863. The SMILES string of the molecule is CSc1ccc([C@H](C)NC(=O)c2ccc(F)cc2F)cc1. The standard InChI is InChI=1S/C16H15F2NOS/c1-10(11-3-6-13(21-2)7-4-11)19-16(20)14-8-5-12(17)9-15(14)18/h3-10H,1-2H3,(H,19,20)/t10-/m0/s1. The van der Waals surface area contributed by atoms with Crippen LogP contribution in [0.5, 0.6) is 0 Å². The van der Waals surface area contributed by atoms with E-state index in [2.05, 4.69) is 5.32 Å². The van der Waals surface area contributed by atoms with Crippen molar-refractivity contribution in [2.24, 2.45) is 0 Å². The molecule has 0 radical (unpaired) electrons. The molecule has 0 unspecified atom stereocenters. The molecular weight excluding hydrogens is 292 g/mol. The Morgan fingerprint density at radius 1 is 1.14 bits per heavy atom. The first-order valence-corrected chi connectivity index (χ1v) is 7.63. The van der Waals surface area contributed by atoms with Gasteiger partial charge in [-0.25, -0.2) is 8.78 Å². The van der Waals surface area contributed by atoms with Crippen LogP contribution in [0.25, 0.3) is 0 Å². The molecule has 0 saturated carbocycles. The highest BCUT2D eigenvalue weighted by Crippen LogP contribution is 2.19. The van der Waals surface area contributed by atoms with E-state index < -0.39 is 17.5 Å². The molecular formula is C16H15F2NOS. The van der Waals surface area contributed by atoms with E-state index in [1.807, 2.05) is 37.4 Å². The zero-order valence-electron chi connectivity index (χ0n) is 11.7. The van der Waals surface area contributed by atoms with E-state index >= 15 is 0 Å². The molecule has 2 aromatic carbocycles. The Kier molecular flexibility index (Phi) is 4.96. The van der Waals surface area contributed by atoms with Crippen molar-refractivity contribution in [1.29, 1.82) is 0 Å². The zero-order chi connectivity index (χ0) is 15.4. The molecule has 0 aliphatic rings. The highest BCUT2D eigenvalue weighted by molar-refractivity contribution is 7.98. The van der Waals surface area contributed by atoms with Crippen molar-refractivity contribution in [2.75, 3.05) is 6.26 Å². The lowest BCUT2D eigenvalue weighted by Gasteiger charge is -2.15. The first kappa shape index (κ1) is 15.5. The average molecular weight is 307 g/mol. The lowest BCUT2D eigenvalue weighted by atomic mass is 10.1. The Bertz CT molecular complexity index is 643. The summed E-state index contributed by atoms with van der Waals surface area (Å²) in [6.07, 6.45) is 1.98. The van der Waals surface area contributed by atoms with Crippen LogP contribution in [0.15, 0.2) is 47.4 Å². The van der Waals surface area contributed by atoms with Gasteiger partial charge in [0.15, 0.2) is 0 Å². The summed E-state index contributed by atoms with van der Waals surface area (Å²) in [6.45, 7) is 1.81. The number of nitrogens with one attached hydrogen (secondary N) is 1. The summed E-state index contributed by atoms with van der Waals surface area (Å²) in [5, 5.41) is 2.70. The van der Waals surface area contributed by atoms with E-state index in [0.29, 0.717) is 6.07 Å². The maximum Gasteiger partial charge on any atom is 0.254 e. The van der Waals surface area contributed by atoms with E-state index in [9.17, 15) is 13.6 Å². The number of hydrogen-bond donors (Lipinski definition) is 1. The van der Waals surface area contributed by atoms with Crippen LogP contribution in [0.4, 0.5) is 8.78 Å². The van der Waals surface area contributed by atoms with E-state index in [4.69, 9.17) is 0 Å². The van der Waals surface area contributed by atoms with Gasteiger partial charge in [0.05, 0.1) is 11.6 Å². The highest BCUT2D eigenvalue weighted by Gasteiger charge is 2.15. The molecule has 2 nitrogen and oxygen atoms in total. The molecule has 0 bridgehead atoms. The van der Waals surface area contributed by atoms with Gasteiger partial charge in [-0.3, -0.25) is 4.79 Å². The third-order valence-electron chi connectivity index (χ3n) is 3.14. The predicted molar refractivity (Wildman–Crippen MR) is 80.5 cm³/mol. The molecule has 21 heavy (non-hydrogen) atoms. The lowest BCUT2D eigenvalue weighted by molar-refractivity contribution is 0.0935. The van der Waals surface area contributed by atoms with E-state index in [0.717, 1.165) is 22.6 Å². The summed E-state index contributed by atoms with van der Waals surface area (Å²) in [5.41, 5.74) is 0.757. The molecule has 0 aliphatic carbocycles. The van der Waals surface area contributed by atoms with E-state index in [1.165, 1.54) is 0 Å². The number of hydrogen-bond acceptors (Lipinski definition) is 2. The van der Waals surface area contributed by atoms with Crippen molar-refractivity contribution in [2.45, 2.75) is 17.9 Å². The molecule has 1 amide bonds. The molecule has 2 aromatic rings. The van der Waals surface area contributed by atoms with Gasteiger partial charge in [-0.1, -0.05) is 12.1 Å². The van der Waals surface area contributed by atoms with Gasteiger partial charge >= 0.3 is 0 Å². The molecule has 0 heterocycles. The Labute approximate surface area is 126 Å². The number of benzene rings is 2. The average Bonchev–Trinajstić information content (AvgIpc) is 2.47. The van der Waals surface area contributed by atoms with Gasteiger partial charge in [0.1, 0.15) is 11.6 Å². The van der Waals surface area contributed by atoms with Crippen molar-refractivity contribution in [1.82, 2.24) is 5.32 Å². The molecule has 0 saturated heterocycles. The molecule has 0 fully saturated rings. The fourth-order valence-electron chi connectivity index (χ4n) is 1.92. The van der Waals surface area contributed by atoms with Gasteiger partial charge in [-0.2, -0.15) is 0 Å². The van der Waals surface area contributed by atoms with Crippen molar-refractivity contribution in [3.8, 4) is 0 Å². The van der Waals surface area contributed by atoms with Crippen LogP contribution in [0, 0.1) is 11.6 Å². The van der Waals surface area contributed by atoms with E-state index in [-0.39, 0.29) is 11.6 Å². The fourth-order valence-corrected chi connectivity index (χ4v) is 2.33. The van der Waals surface area contributed by atoms with Gasteiger partial charge in [0.2, 0.25) is 0 Å². The van der Waals surface area contributed by atoms with Gasteiger partial charge < -0.3 is 5.32 Å². The first-order chi connectivity index (χ1) is 10.0. The Morgan fingerprint density at radius 3 is 2.38 bits per heavy atom. The summed E-state index contributed by atoms with van der Waals surface area (Å²) in [7, 11) is 0. The Hall–Kier alpha value is -1.88. The molecule has 5 heteroatoms. The van der Waals surface area contributed by atoms with Crippen LogP contribution < -0.4 is 5.32 Å². The van der Waals surface area contributed by atoms with Crippen LogP contribution in [0.1, 0.15) is 28.9 Å². The van der Waals surface area contributed by atoms with Crippen molar-refractivity contribution in [3.05, 3.63) is 65.2 Å². The maximum absolute atomic E-state index is 13.5. The molecule has 0 aromatic heterocycles. The maximum atomic E-state index is 13.5. The second-order valence-electron chi connectivity index (χ2n) is 4.59. The van der Waals surface area contributed by atoms with Gasteiger partial charge in [-0.05, 0) is 43.0 Å². The Balaban J connectivity index is 2.10. The Morgan fingerprint density at radius 2 is 1.81 bits per heavy atom. The second-order valence-corrected chi connectivity index (χ2v) is 5.47. The van der Waals surface area contributed by atoms with Crippen LogP contribution >= 0.6 is 11.8 Å². The first-order valence-electron chi connectivity index (χ1n) is 6.41. The molecule has 0 aliphatic heterocycles. The van der Waals surface area contributed by atoms with E-state index in [1.54, 1.807) is 11.8 Å². The normalized spacial score (nSPS) is 12.0. The number of thioether (sulfide) groups is 1. The number of carbonyl (C=O) groups is 1. The molecule has 1 N–H and O–H groups in total. The lowest BCUT2D eigenvalue weighted by Crippen LogP contribution is -2.27. The summed E-state index contributed by atoms with van der Waals surface area (Å²) < 4.78 is 26.4. The van der Waals surface area contributed by atoms with Crippen LogP contribution in [0.2, 0.25) is 0 Å².